The van der Waals surface area contributed by atoms with E-state index in [1.54, 1.807) is 88.4 Å². The lowest BCUT2D eigenvalue weighted by molar-refractivity contribution is -0.146. The average molecular weight is 1150 g/mol. The summed E-state index contributed by atoms with van der Waals surface area (Å²) in [6.45, 7) is 10.0. The third-order valence-corrected chi connectivity index (χ3v) is 12.8. The Morgan fingerprint density at radius 3 is 1.54 bits per heavy atom. The number of aliphatic hydroxyl groups is 1. The van der Waals surface area contributed by atoms with Gasteiger partial charge in [-0.05, 0) is 57.1 Å². The van der Waals surface area contributed by atoms with Gasteiger partial charge in [0.25, 0.3) is 0 Å². The first-order valence-electron chi connectivity index (χ1n) is 26.5. The molecule has 0 spiro atoms. The number of rotatable bonds is 33. The number of carbonyl (C=O) groups is 13. The number of aliphatic hydroxyl groups excluding tert-OH is 1. The number of carboxylic acid groups (broad SMARTS) is 1. The molecule has 0 aliphatic rings. The van der Waals surface area contributed by atoms with Crippen molar-refractivity contribution in [3.8, 4) is 0 Å². The number of hydrogen-bond donors (Lipinski definition) is 13. The van der Waals surface area contributed by atoms with Gasteiger partial charge in [-0.25, -0.2) is 0 Å². The number of nitrogens with zero attached hydrogens (tertiary/aromatic N) is 2. The molecule has 0 unspecified atom stereocenters. The van der Waals surface area contributed by atoms with E-state index in [0.29, 0.717) is 11.1 Å². The first-order chi connectivity index (χ1) is 38.4. The molecule has 0 aromatic heterocycles. The second kappa shape index (κ2) is 33.9. The highest BCUT2D eigenvalue weighted by molar-refractivity contribution is 5.99. The highest BCUT2D eigenvalue weighted by Crippen LogP contribution is 2.13. The average Bonchev–Trinajstić information content (AvgIpc) is 3.42. The number of likely N-dealkylation sites (N-methyl/N-ethyl adjacent to an activating group) is 2. The Labute approximate surface area is 476 Å². The summed E-state index contributed by atoms with van der Waals surface area (Å²) in [4.78, 5) is 173. The molecule has 82 heavy (non-hydrogen) atoms. The second-order valence-corrected chi connectivity index (χ2v) is 20.6. The first-order valence-corrected chi connectivity index (χ1v) is 26.5. The minimum Gasteiger partial charge on any atom is -0.481 e. The maximum atomic E-state index is 14.1. The number of aliphatic carboxylic acids is 1. The zero-order valence-electron chi connectivity index (χ0n) is 47.9. The molecule has 0 radical (unpaired) electrons. The van der Waals surface area contributed by atoms with E-state index in [2.05, 4.69) is 47.9 Å². The molecule has 2 rings (SSSR count). The van der Waals surface area contributed by atoms with Crippen LogP contribution in [0.15, 0.2) is 60.7 Å². The third-order valence-electron chi connectivity index (χ3n) is 12.8. The lowest BCUT2D eigenvalue weighted by Crippen LogP contribution is -2.61. The molecule has 0 aliphatic heterocycles. The molecule has 28 nitrogen and oxygen atoms in total. The molecule has 12 amide bonds. The van der Waals surface area contributed by atoms with Crippen molar-refractivity contribution in [2.45, 2.75) is 141 Å². The molecular weight excluding hydrogens is 1070 g/mol. The Hall–Kier alpha value is -8.53. The third kappa shape index (κ3) is 23.3. The maximum absolute atomic E-state index is 14.1. The van der Waals surface area contributed by atoms with Gasteiger partial charge in [-0.1, -0.05) is 88.4 Å². The zero-order chi connectivity index (χ0) is 62.1. The molecule has 0 saturated carbocycles. The van der Waals surface area contributed by atoms with Crippen molar-refractivity contribution in [2.24, 2.45) is 23.3 Å². The van der Waals surface area contributed by atoms with Crippen LogP contribution in [0.4, 0.5) is 0 Å². The van der Waals surface area contributed by atoms with Gasteiger partial charge in [-0.2, -0.15) is 0 Å². The summed E-state index contributed by atoms with van der Waals surface area (Å²) >= 11 is 0. The summed E-state index contributed by atoms with van der Waals surface area (Å²) < 4.78 is 0. The molecule has 0 fully saturated rings. The van der Waals surface area contributed by atoms with Gasteiger partial charge in [-0.15, -0.1) is 0 Å². The Morgan fingerprint density at radius 2 is 1.02 bits per heavy atom. The molecular formula is C54H81N13O15. The predicted octanol–water partition coefficient (Wildman–Crippen LogP) is -4.19. The summed E-state index contributed by atoms with van der Waals surface area (Å²) in [6.07, 6.45) is -1.09. The van der Waals surface area contributed by atoms with Crippen molar-refractivity contribution in [3.05, 3.63) is 71.8 Å². The summed E-state index contributed by atoms with van der Waals surface area (Å²) in [6, 6.07) is 3.63. The Balaban J connectivity index is 2.27. The fourth-order valence-electron chi connectivity index (χ4n) is 7.90. The number of amides is 12. The monoisotopic (exact) mass is 1150 g/mol. The molecule has 10 atom stereocenters. The predicted molar refractivity (Wildman–Crippen MR) is 296 cm³/mol. The Kier molecular flexibility index (Phi) is 28.8. The SMILES string of the molecule is CC(C)C[C@H](NC(=O)CNC(=O)[C@H](Cc1ccccc1)N(C)C(=O)[C@H](C)NC(=O)[C@H](C)N)C(=O)N[C@@H](C)C(=O)N[C@H](C(=O)N[C@@H](Cc1ccccc1)C(=O)N[C@@H](CC(=O)O)C(=O)N(C)[C@@H](C)C(=O)N[C@@H](CO)C(=O)NCC(N)=O)C(C)C. The minimum absolute atomic E-state index is 0.0366. The van der Waals surface area contributed by atoms with Crippen molar-refractivity contribution in [1.82, 2.24) is 57.7 Å². The van der Waals surface area contributed by atoms with E-state index >= 15 is 0 Å². The van der Waals surface area contributed by atoms with Gasteiger partial charge >= 0.3 is 5.97 Å². The van der Waals surface area contributed by atoms with Gasteiger partial charge in [0.1, 0.15) is 54.4 Å². The fourth-order valence-corrected chi connectivity index (χ4v) is 7.90. The maximum Gasteiger partial charge on any atom is 0.305 e. The van der Waals surface area contributed by atoms with E-state index in [4.69, 9.17) is 11.5 Å². The summed E-state index contributed by atoms with van der Waals surface area (Å²) in [5.41, 5.74) is 11.9. The molecule has 0 bridgehead atoms. The first kappa shape index (κ1) is 69.6. The van der Waals surface area contributed by atoms with Crippen molar-refractivity contribution in [3.63, 3.8) is 0 Å². The number of hydrogen-bond acceptors (Lipinski definition) is 15. The van der Waals surface area contributed by atoms with Gasteiger partial charge < -0.3 is 79.3 Å². The number of benzene rings is 2. The second-order valence-electron chi connectivity index (χ2n) is 20.6. The number of carbonyl (C=O) groups excluding carboxylic acids is 12. The highest BCUT2D eigenvalue weighted by atomic mass is 16.4. The molecule has 2 aromatic rings. The number of primary amides is 1. The van der Waals surface area contributed by atoms with E-state index in [1.807, 2.05) is 0 Å². The van der Waals surface area contributed by atoms with Crippen LogP contribution in [-0.4, -0.2) is 191 Å². The van der Waals surface area contributed by atoms with Crippen molar-refractivity contribution in [2.75, 3.05) is 33.8 Å². The lowest BCUT2D eigenvalue weighted by atomic mass is 10.00. The van der Waals surface area contributed by atoms with Gasteiger partial charge in [0, 0.05) is 26.9 Å². The van der Waals surface area contributed by atoms with Gasteiger partial charge in [0.05, 0.1) is 32.2 Å². The van der Waals surface area contributed by atoms with Crippen molar-refractivity contribution < 1.29 is 72.5 Å². The van der Waals surface area contributed by atoms with Crippen LogP contribution < -0.4 is 59.3 Å². The molecule has 15 N–H and O–H groups in total. The molecule has 0 saturated heterocycles. The Bertz CT molecular complexity index is 2570. The van der Waals surface area contributed by atoms with Crippen molar-refractivity contribution in [1.29, 1.82) is 0 Å². The number of nitrogens with two attached hydrogens (primary N) is 2. The van der Waals surface area contributed by atoms with Crippen LogP contribution >= 0.6 is 0 Å². The largest absolute Gasteiger partial charge is 0.481 e. The van der Waals surface area contributed by atoms with E-state index in [9.17, 15) is 72.5 Å². The quantitative estimate of drug-likeness (QED) is 0.0322. The van der Waals surface area contributed by atoms with Crippen LogP contribution in [0, 0.1) is 11.8 Å². The smallest absolute Gasteiger partial charge is 0.305 e. The topological polar surface area (TPSA) is 429 Å². The number of carboxylic acids is 1. The van der Waals surface area contributed by atoms with E-state index in [1.165, 1.54) is 34.7 Å². The van der Waals surface area contributed by atoms with Crippen LogP contribution in [0.25, 0.3) is 0 Å². The number of nitrogens with one attached hydrogen (secondary N) is 9. The van der Waals surface area contributed by atoms with E-state index < -0.39 is 169 Å². The van der Waals surface area contributed by atoms with E-state index in [0.717, 1.165) is 16.8 Å². The molecule has 0 aliphatic carbocycles. The van der Waals surface area contributed by atoms with Crippen LogP contribution in [0.5, 0.6) is 0 Å². The lowest BCUT2D eigenvalue weighted by Gasteiger charge is -2.30. The van der Waals surface area contributed by atoms with Crippen LogP contribution in [0.2, 0.25) is 0 Å². The van der Waals surface area contributed by atoms with Gasteiger partial charge in [-0.3, -0.25) is 62.3 Å². The highest BCUT2D eigenvalue weighted by Gasteiger charge is 2.37. The normalized spacial score (nSPS) is 14.7. The molecule has 28 heteroatoms. The van der Waals surface area contributed by atoms with Gasteiger partial charge in [0.15, 0.2) is 0 Å². The summed E-state index contributed by atoms with van der Waals surface area (Å²) in [5, 5.41) is 41.5. The Morgan fingerprint density at radius 1 is 0.512 bits per heavy atom. The summed E-state index contributed by atoms with van der Waals surface area (Å²) in [5.74, 6) is -12.6. The minimum atomic E-state index is -1.83. The zero-order valence-corrected chi connectivity index (χ0v) is 47.9. The van der Waals surface area contributed by atoms with Crippen LogP contribution in [0.3, 0.4) is 0 Å². The van der Waals surface area contributed by atoms with Crippen LogP contribution in [0.1, 0.15) is 79.4 Å². The van der Waals surface area contributed by atoms with Crippen LogP contribution in [-0.2, 0) is 75.2 Å². The fraction of sp³-hybridized carbons (Fsp3) is 0.537. The molecule has 452 valence electrons. The summed E-state index contributed by atoms with van der Waals surface area (Å²) in [7, 11) is 2.50. The molecule has 2 aromatic carbocycles. The standard InChI is InChI=1S/C54H81N13O15/c1-28(2)21-36(61-42(70)26-58-51(79)40(23-35-19-15-12-16-20-35)67(10)53(81)32(7)60-45(73)30(5)55)49(77)59-31(6)46(74)65-44(29(3)4)52(80)62-37(22-34-17-13-11-14-18-34)50(78)63-38(24-43(71)72)54(82)66(9)33(8)47(75)64-39(27-68)48(76)57-25-41(56)69/h11-20,28-33,36-40,44,68H,21-27,55H2,1-10H3,(H2,56,69)(H,57,76)(H,58,79)(H,59,77)(H,60,73)(H,61,70)(H,62,80)(H,63,78)(H,64,75)(H,65,74)(H,71,72)/t30-,31-,32-,33-,36-,37-,38-,39-,40-,44-/m0/s1. The van der Waals surface area contributed by atoms with Crippen molar-refractivity contribution >= 4 is 76.9 Å². The van der Waals surface area contributed by atoms with Gasteiger partial charge in [0.2, 0.25) is 70.9 Å². The van der Waals surface area contributed by atoms with E-state index in [-0.39, 0.29) is 25.2 Å². The molecule has 0 heterocycles.